The first-order chi connectivity index (χ1) is 15.6. The molecule has 2 aromatic heterocycles. The summed E-state index contributed by atoms with van der Waals surface area (Å²) in [5.74, 6) is 0.838. The van der Waals surface area contributed by atoms with E-state index in [2.05, 4.69) is 39.9 Å². The van der Waals surface area contributed by atoms with E-state index in [1.807, 2.05) is 67.0 Å². The predicted molar refractivity (Wildman–Crippen MR) is 135 cm³/mol. The molecule has 1 aliphatic rings. The summed E-state index contributed by atoms with van der Waals surface area (Å²) < 4.78 is 0. The number of likely N-dealkylation sites (tertiary alicyclic amines) is 1. The van der Waals surface area contributed by atoms with Gasteiger partial charge in [-0.05, 0) is 68.9 Å². The van der Waals surface area contributed by atoms with E-state index in [4.69, 9.17) is 10.7 Å². The summed E-state index contributed by atoms with van der Waals surface area (Å²) in [4.78, 5) is 16.8. The van der Waals surface area contributed by atoms with E-state index >= 15 is 0 Å². The molecular formula is C25H28N6S. The summed E-state index contributed by atoms with van der Waals surface area (Å²) >= 11 is 4.08. The first-order valence-corrected chi connectivity index (χ1v) is 11.2. The van der Waals surface area contributed by atoms with Crippen LogP contribution in [0.3, 0.4) is 0 Å². The molecule has 3 heterocycles. The number of nitrogens with zero attached hydrogens (tertiary/aromatic N) is 4. The van der Waals surface area contributed by atoms with E-state index in [1.54, 1.807) is 6.20 Å². The van der Waals surface area contributed by atoms with Gasteiger partial charge in [-0.1, -0.05) is 24.3 Å². The van der Waals surface area contributed by atoms with Crippen LogP contribution in [-0.4, -0.2) is 46.0 Å². The van der Waals surface area contributed by atoms with E-state index in [0.717, 1.165) is 58.8 Å². The summed E-state index contributed by atoms with van der Waals surface area (Å²) in [6, 6.07) is 18.2. The highest BCUT2D eigenvalue weighted by molar-refractivity contribution is 7.80. The molecule has 4 aromatic rings. The minimum atomic E-state index is 0.462. The highest BCUT2D eigenvalue weighted by atomic mass is 32.1. The van der Waals surface area contributed by atoms with Crippen molar-refractivity contribution in [3.8, 4) is 11.1 Å². The number of pyridine rings is 1. The van der Waals surface area contributed by atoms with Gasteiger partial charge in [0.15, 0.2) is 0 Å². The summed E-state index contributed by atoms with van der Waals surface area (Å²) in [7, 11) is 2.17. The Labute approximate surface area is 194 Å². The van der Waals surface area contributed by atoms with Crippen molar-refractivity contribution < 1.29 is 0 Å². The molecule has 0 radical (unpaired) electrons. The van der Waals surface area contributed by atoms with Gasteiger partial charge in [-0.25, -0.2) is 4.98 Å². The predicted octanol–water partition coefficient (Wildman–Crippen LogP) is 4.76. The molecule has 0 bridgehead atoms. The second-order valence-electron chi connectivity index (χ2n) is 8.02. The molecule has 0 amide bonds. The molecule has 164 valence electrons. The first-order valence-electron chi connectivity index (χ1n) is 10.7. The van der Waals surface area contributed by atoms with Crippen LogP contribution in [0, 0.1) is 0 Å². The molecule has 1 fully saturated rings. The van der Waals surface area contributed by atoms with Gasteiger partial charge in [0.25, 0.3) is 0 Å². The maximum atomic E-state index is 5.84. The molecule has 1 saturated heterocycles. The number of nitrogens with two attached hydrogens (primary N) is 1. The molecule has 2 aromatic carbocycles. The molecule has 7 heteroatoms. The Balaban J connectivity index is 0.000000300. The van der Waals surface area contributed by atoms with Gasteiger partial charge in [0.05, 0.1) is 22.9 Å². The third kappa shape index (κ3) is 5.96. The number of aromatic nitrogens is 3. The quantitative estimate of drug-likeness (QED) is 0.396. The van der Waals surface area contributed by atoms with Crippen molar-refractivity contribution in [2.75, 3.05) is 31.2 Å². The van der Waals surface area contributed by atoms with Crippen LogP contribution in [0.1, 0.15) is 12.8 Å². The van der Waals surface area contributed by atoms with E-state index in [1.165, 1.54) is 0 Å². The second-order valence-corrected chi connectivity index (χ2v) is 8.54. The van der Waals surface area contributed by atoms with Gasteiger partial charge in [0, 0.05) is 28.9 Å². The van der Waals surface area contributed by atoms with E-state index < -0.39 is 0 Å². The summed E-state index contributed by atoms with van der Waals surface area (Å²) in [5, 5.41) is 3.53. The van der Waals surface area contributed by atoms with Crippen molar-refractivity contribution in [1.82, 2.24) is 19.9 Å². The second kappa shape index (κ2) is 10.4. The molecule has 0 unspecified atom stereocenters. The molecule has 3 N–H and O–H groups in total. The van der Waals surface area contributed by atoms with Crippen LogP contribution in [0.5, 0.6) is 0 Å². The maximum Gasteiger partial charge on any atom is 0.145 e. The third-order valence-corrected chi connectivity index (χ3v) is 5.76. The average molecular weight is 445 g/mol. The van der Waals surface area contributed by atoms with Gasteiger partial charge in [0.2, 0.25) is 0 Å². The number of thiol groups is 1. The van der Waals surface area contributed by atoms with Gasteiger partial charge < -0.3 is 16.0 Å². The molecule has 5 rings (SSSR count). The van der Waals surface area contributed by atoms with Gasteiger partial charge in [-0.15, -0.1) is 12.6 Å². The van der Waals surface area contributed by atoms with Crippen LogP contribution < -0.4 is 11.1 Å². The number of piperidine rings is 1. The van der Waals surface area contributed by atoms with Crippen molar-refractivity contribution in [3.05, 3.63) is 73.2 Å². The topological polar surface area (TPSA) is 80.0 Å². The number of nitrogens with one attached hydrogen (secondary N) is 1. The fraction of sp³-hybridized carbons (Fsp3) is 0.240. The SMILES string of the molecule is CN1CCC(Nc2cnc3ccc(-c4cncc(N)c4)cc3n2)CC1.Sc1ccccc1. The minimum absolute atomic E-state index is 0.462. The molecule has 0 atom stereocenters. The number of benzene rings is 2. The zero-order valence-corrected chi connectivity index (χ0v) is 19.0. The monoisotopic (exact) mass is 444 g/mol. The maximum absolute atomic E-state index is 5.84. The van der Waals surface area contributed by atoms with Gasteiger partial charge in [-0.3, -0.25) is 9.97 Å². The van der Waals surface area contributed by atoms with Crippen LogP contribution in [0.2, 0.25) is 0 Å². The minimum Gasteiger partial charge on any atom is -0.397 e. The van der Waals surface area contributed by atoms with Crippen molar-refractivity contribution in [2.24, 2.45) is 0 Å². The highest BCUT2D eigenvalue weighted by Gasteiger charge is 2.17. The Morgan fingerprint density at radius 3 is 2.41 bits per heavy atom. The van der Waals surface area contributed by atoms with Gasteiger partial charge in [0.1, 0.15) is 5.82 Å². The largest absolute Gasteiger partial charge is 0.397 e. The number of nitrogen functional groups attached to an aromatic ring is 1. The third-order valence-electron chi connectivity index (χ3n) is 5.46. The Morgan fingerprint density at radius 2 is 1.72 bits per heavy atom. The molecule has 32 heavy (non-hydrogen) atoms. The Morgan fingerprint density at radius 1 is 0.938 bits per heavy atom. The lowest BCUT2D eigenvalue weighted by atomic mass is 10.1. The number of fused-ring (bicyclic) bond motifs is 1. The van der Waals surface area contributed by atoms with Gasteiger partial charge >= 0.3 is 0 Å². The first kappa shape index (κ1) is 22.0. The molecule has 1 aliphatic heterocycles. The van der Waals surface area contributed by atoms with E-state index in [9.17, 15) is 0 Å². The number of hydrogen-bond donors (Lipinski definition) is 3. The summed E-state index contributed by atoms with van der Waals surface area (Å²) in [5.41, 5.74) is 10.3. The Kier molecular flexibility index (Phi) is 7.19. The van der Waals surface area contributed by atoms with E-state index in [0.29, 0.717) is 11.7 Å². The molecule has 0 aliphatic carbocycles. The van der Waals surface area contributed by atoms with Crippen molar-refractivity contribution >= 4 is 35.2 Å². The fourth-order valence-electron chi connectivity index (χ4n) is 3.67. The lowest BCUT2D eigenvalue weighted by molar-refractivity contribution is 0.263. The number of rotatable bonds is 3. The van der Waals surface area contributed by atoms with E-state index in [-0.39, 0.29) is 0 Å². The zero-order valence-electron chi connectivity index (χ0n) is 18.1. The Bertz CT molecular complexity index is 1160. The van der Waals surface area contributed by atoms with Crippen LogP contribution >= 0.6 is 12.6 Å². The lowest BCUT2D eigenvalue weighted by Gasteiger charge is -2.29. The summed E-state index contributed by atoms with van der Waals surface area (Å²) in [6.45, 7) is 2.23. The molecular weight excluding hydrogens is 416 g/mol. The normalized spacial score (nSPS) is 14.6. The lowest BCUT2D eigenvalue weighted by Crippen LogP contribution is -2.36. The Hall–Kier alpha value is -3.16. The number of anilines is 2. The van der Waals surface area contributed by atoms with Gasteiger partial charge in [-0.2, -0.15) is 0 Å². The molecule has 0 saturated carbocycles. The van der Waals surface area contributed by atoms with Crippen molar-refractivity contribution in [1.29, 1.82) is 0 Å². The van der Waals surface area contributed by atoms with Crippen LogP contribution in [-0.2, 0) is 0 Å². The number of hydrogen-bond acceptors (Lipinski definition) is 7. The highest BCUT2D eigenvalue weighted by Crippen LogP contribution is 2.24. The molecule has 6 nitrogen and oxygen atoms in total. The van der Waals surface area contributed by atoms with Crippen molar-refractivity contribution in [2.45, 2.75) is 23.8 Å². The van der Waals surface area contributed by atoms with Crippen LogP contribution in [0.4, 0.5) is 11.5 Å². The van der Waals surface area contributed by atoms with Crippen LogP contribution in [0.15, 0.2) is 78.1 Å². The van der Waals surface area contributed by atoms with Crippen molar-refractivity contribution in [3.63, 3.8) is 0 Å². The average Bonchev–Trinajstić information content (AvgIpc) is 2.81. The molecule has 0 spiro atoms. The fourth-order valence-corrected chi connectivity index (χ4v) is 3.84. The smallest absolute Gasteiger partial charge is 0.145 e. The zero-order chi connectivity index (χ0) is 22.3. The standard InChI is InChI=1S/C19H22N6.C6H6S/c1-25-6-4-16(5-7-25)23-19-12-22-17-3-2-13(9-18(17)24-19)14-8-15(20)11-21-10-14;7-6-4-2-1-3-5-6/h2-3,8-12,16H,4-7,20H2,1H3,(H,23,24);1-5,7H. The summed E-state index contributed by atoms with van der Waals surface area (Å²) in [6.07, 6.45) is 7.54. The van der Waals surface area contributed by atoms with Crippen LogP contribution in [0.25, 0.3) is 22.2 Å².